The van der Waals surface area contributed by atoms with Crippen molar-refractivity contribution in [1.29, 1.82) is 0 Å². The van der Waals surface area contributed by atoms with E-state index in [1.165, 1.54) is 12.1 Å². The first-order valence-electron chi connectivity index (χ1n) is 4.95. The molecule has 0 saturated carbocycles. The van der Waals surface area contributed by atoms with E-state index in [4.69, 9.17) is 4.74 Å². The zero-order chi connectivity index (χ0) is 11.8. The van der Waals surface area contributed by atoms with Crippen LogP contribution in [0.15, 0.2) is 24.3 Å². The molecule has 1 heterocycles. The number of benzene rings is 1. The van der Waals surface area contributed by atoms with Crippen LogP contribution in [-0.4, -0.2) is 25.9 Å². The summed E-state index contributed by atoms with van der Waals surface area (Å²) in [4.78, 5) is 0. The van der Waals surface area contributed by atoms with Crippen molar-refractivity contribution in [3.8, 4) is 0 Å². The molecule has 1 aliphatic rings. The van der Waals surface area contributed by atoms with Crippen molar-refractivity contribution in [2.45, 2.75) is 12.1 Å². The third-order valence-electron chi connectivity index (χ3n) is 2.60. The van der Waals surface area contributed by atoms with E-state index in [9.17, 15) is 17.3 Å². The first kappa shape index (κ1) is 15.7. The Bertz CT molecular complexity index is 375. The van der Waals surface area contributed by atoms with Crippen molar-refractivity contribution in [2.75, 3.05) is 13.2 Å². The number of ether oxygens (including phenoxy) is 1. The molecule has 0 spiro atoms. The molecule has 2 rings (SSSR count). The molecule has 7 heteroatoms. The van der Waals surface area contributed by atoms with E-state index in [2.05, 4.69) is 0 Å². The van der Waals surface area contributed by atoms with Gasteiger partial charge in [-0.25, -0.2) is 4.39 Å². The van der Waals surface area contributed by atoms with Crippen molar-refractivity contribution in [1.82, 2.24) is 0 Å². The second-order valence-corrected chi connectivity index (χ2v) is 4.14. The Labute approximate surface area is 139 Å². The molecule has 0 bridgehead atoms. The molecule has 0 unspecified atom stereocenters. The van der Waals surface area contributed by atoms with Gasteiger partial charge in [-0.2, -0.15) is 0 Å². The zero-order valence-corrected chi connectivity index (χ0v) is 12.6. The minimum atomic E-state index is -4.97. The summed E-state index contributed by atoms with van der Waals surface area (Å²) in [6.45, 7) is -4.91. The predicted octanol–water partition coefficient (Wildman–Crippen LogP) is -0.974. The Morgan fingerprint density at radius 2 is 1.65 bits per heavy atom. The van der Waals surface area contributed by atoms with Crippen LogP contribution in [0.25, 0.3) is 0 Å². The monoisotopic (exact) mass is 272 g/mol. The summed E-state index contributed by atoms with van der Waals surface area (Å²) in [5, 5.41) is 0. The predicted molar refractivity (Wildman–Crippen MR) is 53.5 cm³/mol. The minimum Gasteiger partial charge on any atom is -0.445 e. The van der Waals surface area contributed by atoms with Crippen LogP contribution in [0.5, 0.6) is 0 Å². The zero-order valence-electron chi connectivity index (χ0n) is 9.43. The molecule has 1 aromatic rings. The summed E-state index contributed by atoms with van der Waals surface area (Å²) < 4.78 is 55.2. The Morgan fingerprint density at radius 3 is 2.00 bits per heavy atom. The van der Waals surface area contributed by atoms with Crippen molar-refractivity contribution < 1.29 is 73.5 Å². The molecule has 1 saturated heterocycles. The normalized spacial score (nSPS) is 18.1. The van der Waals surface area contributed by atoms with Gasteiger partial charge in [0.05, 0.1) is 13.2 Å². The Hall–Kier alpha value is 0.601. The number of hydrogen-bond acceptors (Lipinski definition) is 1. The van der Waals surface area contributed by atoms with Crippen LogP contribution < -0.4 is 56.8 Å². The quantitative estimate of drug-likeness (QED) is 0.508. The summed E-state index contributed by atoms with van der Waals surface area (Å²) in [6.07, 6.45) is 0.109. The van der Waals surface area contributed by atoms with Crippen molar-refractivity contribution >= 4 is 12.4 Å². The molecular formula is C10H10BF4KO. The van der Waals surface area contributed by atoms with E-state index in [1.54, 1.807) is 0 Å². The van der Waals surface area contributed by atoms with Crippen molar-refractivity contribution in [3.05, 3.63) is 29.8 Å². The summed E-state index contributed by atoms with van der Waals surface area (Å²) in [7, 11) is 0. The number of alkyl halides is 1. The van der Waals surface area contributed by atoms with E-state index in [0.29, 0.717) is 5.56 Å². The molecule has 0 aromatic heterocycles. The molecular weight excluding hydrogens is 262 g/mol. The number of halogens is 4. The second-order valence-electron chi connectivity index (χ2n) is 4.14. The van der Waals surface area contributed by atoms with Gasteiger partial charge in [0, 0.05) is 6.42 Å². The van der Waals surface area contributed by atoms with Gasteiger partial charge in [-0.3, -0.25) is 0 Å². The smallest absolute Gasteiger partial charge is 0.445 e. The Kier molecular flexibility index (Phi) is 5.26. The molecule has 0 aliphatic carbocycles. The molecule has 1 aliphatic heterocycles. The maximum absolute atomic E-state index is 13.6. The molecule has 1 aromatic carbocycles. The molecule has 88 valence electrons. The van der Waals surface area contributed by atoms with Crippen LogP contribution >= 0.6 is 0 Å². The van der Waals surface area contributed by atoms with E-state index < -0.39 is 18.1 Å². The molecule has 0 amide bonds. The van der Waals surface area contributed by atoms with E-state index in [1.807, 2.05) is 0 Å². The number of rotatable bonds is 3. The van der Waals surface area contributed by atoms with E-state index in [-0.39, 0.29) is 71.0 Å². The molecule has 17 heavy (non-hydrogen) atoms. The van der Waals surface area contributed by atoms with Crippen LogP contribution in [0.1, 0.15) is 5.56 Å². The van der Waals surface area contributed by atoms with Gasteiger partial charge < -0.3 is 17.7 Å². The fraction of sp³-hybridized carbons (Fsp3) is 0.400. The molecule has 1 nitrogen and oxygen atoms in total. The van der Waals surface area contributed by atoms with Gasteiger partial charge in [-0.05, 0) is 5.56 Å². The maximum Gasteiger partial charge on any atom is 1.00 e. The van der Waals surface area contributed by atoms with Crippen molar-refractivity contribution in [3.63, 3.8) is 0 Å². The van der Waals surface area contributed by atoms with Gasteiger partial charge in [0.2, 0.25) is 0 Å². The van der Waals surface area contributed by atoms with E-state index in [0.717, 1.165) is 12.1 Å². The average Bonchev–Trinajstić information content (AvgIpc) is 2.15. The first-order valence-corrected chi connectivity index (χ1v) is 4.95. The van der Waals surface area contributed by atoms with Crippen LogP contribution in [0.2, 0.25) is 0 Å². The average molecular weight is 272 g/mol. The van der Waals surface area contributed by atoms with Crippen LogP contribution in [-0.2, 0) is 11.2 Å². The first-order chi connectivity index (χ1) is 7.39. The minimum absolute atomic E-state index is 0. The van der Waals surface area contributed by atoms with Crippen LogP contribution in [0.4, 0.5) is 17.3 Å². The molecule has 0 radical (unpaired) electrons. The third kappa shape index (κ3) is 4.04. The molecule has 1 fully saturated rings. The maximum atomic E-state index is 13.6. The molecule has 0 N–H and O–H groups in total. The van der Waals surface area contributed by atoms with Gasteiger partial charge in [-0.15, -0.1) is 5.46 Å². The SMILES string of the molecule is F[B-](F)(F)c1ccc(CC2(F)COC2)cc1.[K+]. The van der Waals surface area contributed by atoms with Gasteiger partial charge in [-0.1, -0.05) is 24.3 Å². The second kappa shape index (κ2) is 5.71. The topological polar surface area (TPSA) is 9.23 Å². The summed E-state index contributed by atoms with van der Waals surface area (Å²) in [5.74, 6) is 0. The van der Waals surface area contributed by atoms with Gasteiger partial charge >= 0.3 is 58.4 Å². The van der Waals surface area contributed by atoms with E-state index >= 15 is 0 Å². The number of hydrogen-bond donors (Lipinski definition) is 0. The van der Waals surface area contributed by atoms with Gasteiger partial charge in [0.1, 0.15) is 0 Å². The van der Waals surface area contributed by atoms with Crippen LogP contribution in [0.3, 0.4) is 0 Å². The van der Waals surface area contributed by atoms with Crippen molar-refractivity contribution in [2.24, 2.45) is 0 Å². The summed E-state index contributed by atoms with van der Waals surface area (Å²) in [5.41, 5.74) is -1.48. The fourth-order valence-electron chi connectivity index (χ4n) is 1.65. The standard InChI is InChI=1S/C10H10BF4O.K/c12-10(6-16-7-10)5-8-1-3-9(4-2-8)11(13,14)15;/h1-4H,5-7H2;/q-1;+1. The van der Waals surface area contributed by atoms with Gasteiger partial charge in [0.15, 0.2) is 5.67 Å². The summed E-state index contributed by atoms with van der Waals surface area (Å²) >= 11 is 0. The van der Waals surface area contributed by atoms with Gasteiger partial charge in [0.25, 0.3) is 0 Å². The Balaban J connectivity index is 0.00000144. The third-order valence-corrected chi connectivity index (χ3v) is 2.60. The molecule has 0 atom stereocenters. The fourth-order valence-corrected chi connectivity index (χ4v) is 1.65. The van der Waals surface area contributed by atoms with Crippen LogP contribution in [0, 0.1) is 0 Å². The Morgan fingerprint density at radius 1 is 1.12 bits per heavy atom. The largest absolute Gasteiger partial charge is 1.00 e. The summed E-state index contributed by atoms with van der Waals surface area (Å²) in [6, 6.07) is 4.64.